The van der Waals surface area contributed by atoms with E-state index in [1.54, 1.807) is 41.5 Å². The second kappa shape index (κ2) is 16.5. The van der Waals surface area contributed by atoms with Crippen molar-refractivity contribution in [2.24, 2.45) is 0 Å². The van der Waals surface area contributed by atoms with Crippen molar-refractivity contribution in [2.45, 2.75) is 117 Å². The number of anilines is 1. The standard InChI is InChI=1S/C39H49ClF4N4O6Si/c1-11-55(12-2,13-3)54-38(10,26-14-16-27(41)17-15-26)39(43,44)21-23-51-32-29(40)19-18-28(31(32)42)25-20-22-47-30(24-25)45-33(46-47)48(34(49)52-36(4,5)6)35(50)53-37(7,8)9/h14-20,22,24H,11-13,21,23H2,1-10H3. The fraction of sp³-hybridized carbons (Fsp3) is 0.487. The van der Waals surface area contributed by atoms with Gasteiger partial charge in [-0.3, -0.25) is 0 Å². The predicted octanol–water partition coefficient (Wildman–Crippen LogP) is 11.3. The Hall–Kier alpha value is -4.21. The summed E-state index contributed by atoms with van der Waals surface area (Å²) in [6.45, 7) is 16.2. The number of amides is 2. The lowest BCUT2D eigenvalue weighted by molar-refractivity contribution is -0.175. The van der Waals surface area contributed by atoms with Crippen LogP contribution in [0, 0.1) is 11.6 Å². The van der Waals surface area contributed by atoms with Gasteiger partial charge in [-0.1, -0.05) is 44.5 Å². The number of hydrogen-bond acceptors (Lipinski definition) is 8. The molecule has 0 radical (unpaired) electrons. The molecule has 1 unspecified atom stereocenters. The minimum atomic E-state index is -3.54. The van der Waals surface area contributed by atoms with E-state index in [-0.39, 0.29) is 33.3 Å². The minimum absolute atomic E-state index is 0.00143. The third-order valence-corrected chi connectivity index (χ3v) is 14.2. The molecule has 2 heterocycles. The molecular weight excluding hydrogens is 760 g/mol. The SMILES string of the molecule is CC[Si](CC)(CC)OC(C)(c1ccc(F)cc1)C(F)(F)CCOc1c(Cl)ccc(-c2ccn3nc(N(C(=O)OC(C)(C)C)C(=O)OC(C)(C)C)nc3c2)c1F. The predicted molar refractivity (Wildman–Crippen MR) is 205 cm³/mol. The number of carbonyl (C=O) groups excluding carboxylic acids is 2. The number of fused-ring (bicyclic) bond motifs is 1. The molecule has 2 aromatic heterocycles. The Morgan fingerprint density at radius 3 is 1.95 bits per heavy atom. The van der Waals surface area contributed by atoms with Crippen LogP contribution in [0.1, 0.15) is 81.2 Å². The summed E-state index contributed by atoms with van der Waals surface area (Å²) in [4.78, 5) is 31.1. The van der Waals surface area contributed by atoms with E-state index in [0.29, 0.717) is 23.0 Å². The van der Waals surface area contributed by atoms with Crippen molar-refractivity contribution in [3.05, 3.63) is 76.9 Å². The second-order valence-electron chi connectivity index (χ2n) is 15.4. The van der Waals surface area contributed by atoms with Crippen LogP contribution in [0.4, 0.5) is 33.1 Å². The number of benzene rings is 2. The fourth-order valence-corrected chi connectivity index (χ4v) is 9.17. The zero-order valence-corrected chi connectivity index (χ0v) is 34.6. The number of carbonyl (C=O) groups is 2. The zero-order chi connectivity index (χ0) is 41.1. The summed E-state index contributed by atoms with van der Waals surface area (Å²) in [6, 6.07) is 12.3. The van der Waals surface area contributed by atoms with Crippen molar-refractivity contribution in [3.63, 3.8) is 0 Å². The lowest BCUT2D eigenvalue weighted by atomic mass is 9.87. The lowest BCUT2D eigenvalue weighted by Crippen LogP contribution is -2.53. The summed E-state index contributed by atoms with van der Waals surface area (Å²) in [5, 5.41) is 4.10. The van der Waals surface area contributed by atoms with Crippen molar-refractivity contribution in [2.75, 3.05) is 11.5 Å². The Bertz CT molecular complexity index is 1960. The lowest BCUT2D eigenvalue weighted by Gasteiger charge is -2.45. The normalized spacial score (nSPS) is 13.7. The maximum Gasteiger partial charge on any atom is 0.427 e. The van der Waals surface area contributed by atoms with Gasteiger partial charge in [-0.15, -0.1) is 10.00 Å². The van der Waals surface area contributed by atoms with Crippen LogP contribution in [0.3, 0.4) is 0 Å². The Morgan fingerprint density at radius 2 is 1.42 bits per heavy atom. The molecule has 0 aliphatic rings. The van der Waals surface area contributed by atoms with E-state index in [1.165, 1.54) is 54.0 Å². The number of rotatable bonds is 13. The first-order chi connectivity index (χ1) is 25.5. The molecule has 55 heavy (non-hydrogen) atoms. The molecule has 0 fully saturated rings. The second-order valence-corrected chi connectivity index (χ2v) is 20.5. The van der Waals surface area contributed by atoms with E-state index in [4.69, 9.17) is 30.2 Å². The van der Waals surface area contributed by atoms with E-state index in [9.17, 15) is 14.0 Å². The first kappa shape index (κ1) is 43.5. The molecule has 10 nitrogen and oxygen atoms in total. The largest absolute Gasteiger partial charge is 0.489 e. The van der Waals surface area contributed by atoms with Gasteiger partial charge in [0, 0.05) is 18.2 Å². The third-order valence-electron chi connectivity index (χ3n) is 9.15. The van der Waals surface area contributed by atoms with Crippen LogP contribution in [-0.4, -0.2) is 58.8 Å². The van der Waals surface area contributed by atoms with E-state index in [0.717, 1.165) is 12.1 Å². The highest BCUT2D eigenvalue weighted by Crippen LogP contribution is 2.47. The Labute approximate surface area is 325 Å². The molecule has 0 N–H and O–H groups in total. The number of imide groups is 1. The fourth-order valence-electron chi connectivity index (χ4n) is 5.90. The molecule has 2 amide bonds. The van der Waals surface area contributed by atoms with Gasteiger partial charge in [-0.25, -0.2) is 31.7 Å². The van der Waals surface area contributed by atoms with Crippen molar-refractivity contribution < 1.29 is 45.8 Å². The Kier molecular flexibility index (Phi) is 13.0. The van der Waals surface area contributed by atoms with E-state index >= 15 is 13.2 Å². The van der Waals surface area contributed by atoms with Crippen LogP contribution in [0.25, 0.3) is 16.8 Å². The molecule has 300 valence electrons. The molecule has 0 saturated carbocycles. The Morgan fingerprint density at radius 1 is 0.855 bits per heavy atom. The van der Waals surface area contributed by atoms with E-state index in [2.05, 4.69) is 10.1 Å². The number of hydrogen-bond donors (Lipinski definition) is 0. The summed E-state index contributed by atoms with van der Waals surface area (Å²) < 4.78 is 87.1. The smallest absolute Gasteiger partial charge is 0.427 e. The van der Waals surface area contributed by atoms with Crippen LogP contribution in [0.5, 0.6) is 5.75 Å². The zero-order valence-electron chi connectivity index (χ0n) is 32.9. The van der Waals surface area contributed by atoms with Crippen molar-refractivity contribution >= 4 is 43.7 Å². The van der Waals surface area contributed by atoms with Gasteiger partial charge in [0.25, 0.3) is 11.9 Å². The quantitative estimate of drug-likeness (QED) is 0.0971. The number of aromatic nitrogens is 3. The van der Waals surface area contributed by atoms with Gasteiger partial charge in [0.15, 0.2) is 25.5 Å². The van der Waals surface area contributed by atoms with E-state index < -0.39 is 73.6 Å². The van der Waals surface area contributed by atoms with Crippen LogP contribution in [0.15, 0.2) is 54.7 Å². The summed E-state index contributed by atoms with van der Waals surface area (Å²) in [7, 11) is -2.64. The number of pyridine rings is 1. The van der Waals surface area contributed by atoms with Gasteiger partial charge in [0.2, 0.25) is 0 Å². The van der Waals surface area contributed by atoms with Crippen LogP contribution >= 0.6 is 11.6 Å². The van der Waals surface area contributed by atoms with E-state index in [1.807, 2.05) is 20.8 Å². The van der Waals surface area contributed by atoms with Crippen molar-refractivity contribution in [3.8, 4) is 16.9 Å². The molecule has 4 rings (SSSR count). The highest BCUT2D eigenvalue weighted by Gasteiger charge is 2.55. The van der Waals surface area contributed by atoms with Crippen LogP contribution in [-0.2, 0) is 19.5 Å². The summed E-state index contributed by atoms with van der Waals surface area (Å²) in [5.41, 5.74) is -3.55. The molecule has 0 bridgehead atoms. The minimum Gasteiger partial charge on any atom is -0.489 e. The van der Waals surface area contributed by atoms with Gasteiger partial charge in [-0.2, -0.15) is 4.98 Å². The molecule has 0 aliphatic carbocycles. The average Bonchev–Trinajstić information content (AvgIpc) is 3.50. The summed E-state index contributed by atoms with van der Waals surface area (Å²) >= 11 is 6.34. The highest BCUT2D eigenvalue weighted by atomic mass is 35.5. The molecule has 0 aliphatic heterocycles. The first-order valence-electron chi connectivity index (χ1n) is 18.1. The number of halogens is 5. The number of nitrogens with zero attached hydrogens (tertiary/aromatic N) is 4. The van der Waals surface area contributed by atoms with Crippen LogP contribution in [0.2, 0.25) is 23.2 Å². The molecule has 1 atom stereocenters. The Balaban J connectivity index is 1.64. The molecule has 16 heteroatoms. The van der Waals surface area contributed by atoms with Gasteiger partial charge >= 0.3 is 12.2 Å². The third kappa shape index (κ3) is 9.97. The summed E-state index contributed by atoms with van der Waals surface area (Å²) in [6.07, 6.45) is -1.58. The van der Waals surface area contributed by atoms with Gasteiger partial charge in [0.1, 0.15) is 22.6 Å². The van der Waals surface area contributed by atoms with Gasteiger partial charge in [-0.05, 0) is 114 Å². The van der Waals surface area contributed by atoms with Crippen molar-refractivity contribution in [1.29, 1.82) is 0 Å². The van der Waals surface area contributed by atoms with Gasteiger partial charge in [0.05, 0.1) is 11.6 Å². The molecule has 0 spiro atoms. The first-order valence-corrected chi connectivity index (χ1v) is 21.0. The van der Waals surface area contributed by atoms with Crippen molar-refractivity contribution in [1.82, 2.24) is 14.6 Å². The molecular formula is C39H49ClF4N4O6Si. The molecule has 0 saturated heterocycles. The van der Waals surface area contributed by atoms with Crippen LogP contribution < -0.4 is 9.64 Å². The molecule has 4 aromatic rings. The molecule has 2 aromatic carbocycles. The monoisotopic (exact) mass is 808 g/mol. The maximum absolute atomic E-state index is 16.4. The summed E-state index contributed by atoms with van der Waals surface area (Å²) in [5.74, 6) is -5.82. The highest BCUT2D eigenvalue weighted by molar-refractivity contribution is 6.73. The van der Waals surface area contributed by atoms with Gasteiger partial charge < -0.3 is 18.6 Å². The topological polar surface area (TPSA) is 104 Å². The number of alkyl halides is 2. The average molecular weight is 809 g/mol. The maximum atomic E-state index is 16.4. The number of ether oxygens (including phenoxy) is 3.